The molecule has 1 aliphatic carbocycles. The van der Waals surface area contributed by atoms with Crippen LogP contribution in [0.1, 0.15) is 13.8 Å². The molecule has 12 heavy (non-hydrogen) atoms. The van der Waals surface area contributed by atoms with Crippen molar-refractivity contribution >= 4 is 0 Å². The van der Waals surface area contributed by atoms with Gasteiger partial charge >= 0.3 is 0 Å². The van der Waals surface area contributed by atoms with Gasteiger partial charge in [-0.1, -0.05) is 26.0 Å². The highest BCUT2D eigenvalue weighted by Gasteiger charge is 2.13. The standard InChI is InChI=1S/C9H15N3/c1-9(2)5-3-4-8(12-11)7(10)6-9/h3-6,12H,10-11H2,1-2H3. The molecule has 0 aromatic heterocycles. The second-order valence-electron chi connectivity index (χ2n) is 3.50. The summed E-state index contributed by atoms with van der Waals surface area (Å²) in [6, 6.07) is 0. The highest BCUT2D eigenvalue weighted by atomic mass is 15.2. The molecule has 0 bridgehead atoms. The van der Waals surface area contributed by atoms with Gasteiger partial charge in [-0.25, -0.2) is 0 Å². The van der Waals surface area contributed by atoms with Gasteiger partial charge in [-0.05, 0) is 12.2 Å². The van der Waals surface area contributed by atoms with E-state index in [1.165, 1.54) is 0 Å². The average Bonchev–Trinajstić information content (AvgIpc) is 2.07. The lowest BCUT2D eigenvalue weighted by Crippen LogP contribution is -2.25. The zero-order chi connectivity index (χ0) is 9.19. The molecule has 0 radical (unpaired) electrons. The summed E-state index contributed by atoms with van der Waals surface area (Å²) in [6.07, 6.45) is 7.86. The third-order valence-electron chi connectivity index (χ3n) is 1.78. The van der Waals surface area contributed by atoms with Gasteiger partial charge in [0.05, 0.1) is 11.4 Å². The zero-order valence-corrected chi connectivity index (χ0v) is 7.46. The average molecular weight is 165 g/mol. The Hall–Kier alpha value is -1.22. The molecule has 0 heterocycles. The van der Waals surface area contributed by atoms with Crippen LogP contribution in [-0.4, -0.2) is 0 Å². The summed E-state index contributed by atoms with van der Waals surface area (Å²) in [4.78, 5) is 0. The van der Waals surface area contributed by atoms with Crippen LogP contribution in [-0.2, 0) is 0 Å². The summed E-state index contributed by atoms with van der Waals surface area (Å²) in [7, 11) is 0. The van der Waals surface area contributed by atoms with Gasteiger partial charge in [-0.15, -0.1) is 0 Å². The number of rotatable bonds is 1. The van der Waals surface area contributed by atoms with Crippen molar-refractivity contribution in [2.24, 2.45) is 17.0 Å². The Balaban J connectivity index is 3.00. The fourth-order valence-electron chi connectivity index (χ4n) is 1.15. The molecule has 0 amide bonds. The minimum atomic E-state index is -0.000810. The molecule has 0 fully saturated rings. The SMILES string of the molecule is CC1(C)C=CC=C(NN)C(N)=C1. The molecule has 0 unspecified atom stereocenters. The maximum atomic E-state index is 5.78. The summed E-state index contributed by atoms with van der Waals surface area (Å²) in [5.74, 6) is 5.28. The first-order valence-corrected chi connectivity index (χ1v) is 3.90. The van der Waals surface area contributed by atoms with Crippen molar-refractivity contribution in [2.75, 3.05) is 0 Å². The van der Waals surface area contributed by atoms with Crippen LogP contribution < -0.4 is 17.0 Å². The molecule has 1 aliphatic rings. The summed E-state index contributed by atoms with van der Waals surface area (Å²) >= 11 is 0. The van der Waals surface area contributed by atoms with E-state index in [2.05, 4.69) is 25.3 Å². The normalized spacial score (nSPS) is 20.9. The van der Waals surface area contributed by atoms with E-state index in [-0.39, 0.29) is 5.41 Å². The molecule has 5 N–H and O–H groups in total. The minimum absolute atomic E-state index is 0.000810. The van der Waals surface area contributed by atoms with Gasteiger partial charge in [0.2, 0.25) is 0 Å². The summed E-state index contributed by atoms with van der Waals surface area (Å²) < 4.78 is 0. The Labute approximate surface area is 72.8 Å². The topological polar surface area (TPSA) is 64.1 Å². The zero-order valence-electron chi connectivity index (χ0n) is 7.46. The number of hydrogen-bond donors (Lipinski definition) is 3. The first kappa shape index (κ1) is 8.87. The van der Waals surface area contributed by atoms with Crippen molar-refractivity contribution in [1.29, 1.82) is 0 Å². The Morgan fingerprint density at radius 1 is 1.42 bits per heavy atom. The maximum Gasteiger partial charge on any atom is 0.0712 e. The van der Waals surface area contributed by atoms with Crippen LogP contribution in [0.4, 0.5) is 0 Å². The van der Waals surface area contributed by atoms with Crippen LogP contribution in [0.3, 0.4) is 0 Å². The highest BCUT2D eigenvalue weighted by Crippen LogP contribution is 2.23. The highest BCUT2D eigenvalue weighted by molar-refractivity contribution is 5.35. The van der Waals surface area contributed by atoms with Gasteiger partial charge in [0, 0.05) is 5.41 Å². The van der Waals surface area contributed by atoms with Crippen LogP contribution in [0.15, 0.2) is 35.7 Å². The molecule has 0 atom stereocenters. The van der Waals surface area contributed by atoms with Gasteiger partial charge in [0.1, 0.15) is 0 Å². The molecule has 1 rings (SSSR count). The Morgan fingerprint density at radius 3 is 2.67 bits per heavy atom. The fourth-order valence-corrected chi connectivity index (χ4v) is 1.15. The van der Waals surface area contributed by atoms with Gasteiger partial charge in [0.25, 0.3) is 0 Å². The van der Waals surface area contributed by atoms with Gasteiger partial charge in [-0.3, -0.25) is 5.84 Å². The fraction of sp³-hybridized carbons (Fsp3) is 0.333. The molecule has 3 heteroatoms. The predicted molar refractivity (Wildman–Crippen MR) is 50.6 cm³/mol. The first-order chi connectivity index (χ1) is 5.55. The predicted octanol–water partition coefficient (Wildman–Crippen LogP) is 0.772. The lowest BCUT2D eigenvalue weighted by Gasteiger charge is -2.14. The van der Waals surface area contributed by atoms with E-state index >= 15 is 0 Å². The minimum Gasteiger partial charge on any atom is -0.397 e. The van der Waals surface area contributed by atoms with E-state index in [1.54, 1.807) is 0 Å². The van der Waals surface area contributed by atoms with E-state index in [0.717, 1.165) is 5.70 Å². The second-order valence-corrected chi connectivity index (χ2v) is 3.50. The van der Waals surface area contributed by atoms with E-state index in [1.807, 2.05) is 18.2 Å². The Kier molecular flexibility index (Phi) is 2.24. The molecule has 0 saturated heterocycles. The van der Waals surface area contributed by atoms with Crippen LogP contribution >= 0.6 is 0 Å². The van der Waals surface area contributed by atoms with Crippen LogP contribution in [0, 0.1) is 5.41 Å². The van der Waals surface area contributed by atoms with Crippen molar-refractivity contribution < 1.29 is 0 Å². The molecule has 0 saturated carbocycles. The van der Waals surface area contributed by atoms with Crippen LogP contribution in [0.2, 0.25) is 0 Å². The van der Waals surface area contributed by atoms with Gasteiger partial charge < -0.3 is 11.2 Å². The van der Waals surface area contributed by atoms with Crippen molar-refractivity contribution in [3.8, 4) is 0 Å². The third kappa shape index (κ3) is 1.89. The molecule has 0 aromatic rings. The number of hydrazine groups is 1. The van der Waals surface area contributed by atoms with Gasteiger partial charge in [-0.2, -0.15) is 0 Å². The largest absolute Gasteiger partial charge is 0.397 e. The number of nitrogens with one attached hydrogen (secondary N) is 1. The quantitative estimate of drug-likeness (QED) is 0.397. The van der Waals surface area contributed by atoms with Gasteiger partial charge in [0.15, 0.2) is 0 Å². The van der Waals surface area contributed by atoms with E-state index < -0.39 is 0 Å². The number of hydrogen-bond acceptors (Lipinski definition) is 3. The van der Waals surface area contributed by atoms with Crippen LogP contribution in [0.5, 0.6) is 0 Å². The molecule has 0 aromatic carbocycles. The number of nitrogens with two attached hydrogens (primary N) is 2. The molecular formula is C9H15N3. The monoisotopic (exact) mass is 165 g/mol. The summed E-state index contributed by atoms with van der Waals surface area (Å²) in [5.41, 5.74) is 9.77. The third-order valence-corrected chi connectivity index (χ3v) is 1.78. The van der Waals surface area contributed by atoms with E-state index in [9.17, 15) is 0 Å². The van der Waals surface area contributed by atoms with Crippen molar-refractivity contribution in [1.82, 2.24) is 5.43 Å². The van der Waals surface area contributed by atoms with Crippen molar-refractivity contribution in [3.05, 3.63) is 35.7 Å². The van der Waals surface area contributed by atoms with E-state index in [0.29, 0.717) is 5.70 Å². The second kappa shape index (κ2) is 3.03. The summed E-state index contributed by atoms with van der Waals surface area (Å²) in [5, 5.41) is 0. The molecular weight excluding hydrogens is 150 g/mol. The first-order valence-electron chi connectivity index (χ1n) is 3.90. The lowest BCUT2D eigenvalue weighted by atomic mass is 9.92. The van der Waals surface area contributed by atoms with Crippen molar-refractivity contribution in [3.63, 3.8) is 0 Å². The molecule has 0 spiro atoms. The Morgan fingerprint density at radius 2 is 2.08 bits per heavy atom. The summed E-state index contributed by atoms with van der Waals surface area (Å²) in [6.45, 7) is 4.17. The molecule has 66 valence electrons. The molecule has 3 nitrogen and oxygen atoms in total. The maximum absolute atomic E-state index is 5.78. The number of allylic oxidation sites excluding steroid dienone is 4. The lowest BCUT2D eigenvalue weighted by molar-refractivity contribution is 0.621. The van der Waals surface area contributed by atoms with E-state index in [4.69, 9.17) is 11.6 Å². The van der Waals surface area contributed by atoms with Crippen LogP contribution in [0.25, 0.3) is 0 Å². The Bertz CT molecular complexity index is 259. The van der Waals surface area contributed by atoms with Crippen molar-refractivity contribution in [2.45, 2.75) is 13.8 Å². The smallest absolute Gasteiger partial charge is 0.0712 e. The molecule has 0 aliphatic heterocycles.